The number of nitrogen functional groups attached to an aromatic ring is 1. The Morgan fingerprint density at radius 1 is 1.29 bits per heavy atom. The van der Waals surface area contributed by atoms with Crippen LogP contribution in [0.2, 0.25) is 5.02 Å². The van der Waals surface area contributed by atoms with Crippen LogP contribution in [0.25, 0.3) is 15.9 Å². The summed E-state index contributed by atoms with van der Waals surface area (Å²) in [6.07, 6.45) is 3.51. The van der Waals surface area contributed by atoms with Crippen molar-refractivity contribution in [1.82, 2.24) is 19.4 Å². The summed E-state index contributed by atoms with van der Waals surface area (Å²) in [7, 11) is 1.66. The van der Waals surface area contributed by atoms with Crippen molar-refractivity contribution in [2.45, 2.75) is 45.7 Å². The molecule has 31 heavy (non-hydrogen) atoms. The lowest BCUT2D eigenvalue weighted by atomic mass is 9.86. The average molecular weight is 439 g/mol. The molecule has 1 aliphatic rings. The molecule has 3 aromatic rings. The van der Waals surface area contributed by atoms with E-state index in [0.29, 0.717) is 22.6 Å². The molecular formula is C23H27ClN6O. The van der Waals surface area contributed by atoms with E-state index < -0.39 is 0 Å². The SMILES string of the molecule is [C-]#[N+]c1c(Cl)cc(C(C)n2cc(C)c3c(N)ncnc32)c(OC)c1C1CN(C(C)C)C1. The van der Waals surface area contributed by atoms with E-state index >= 15 is 0 Å². The minimum Gasteiger partial charge on any atom is -0.497 e. The molecule has 4 rings (SSSR count). The van der Waals surface area contributed by atoms with E-state index in [9.17, 15) is 0 Å². The summed E-state index contributed by atoms with van der Waals surface area (Å²) in [5, 5.41) is 1.31. The van der Waals surface area contributed by atoms with Gasteiger partial charge in [-0.25, -0.2) is 14.8 Å². The van der Waals surface area contributed by atoms with E-state index in [4.69, 9.17) is 28.6 Å². The molecule has 0 aliphatic carbocycles. The molecular weight excluding hydrogens is 412 g/mol. The molecule has 162 valence electrons. The van der Waals surface area contributed by atoms with Gasteiger partial charge < -0.3 is 15.0 Å². The lowest BCUT2D eigenvalue weighted by molar-refractivity contribution is 0.109. The van der Waals surface area contributed by atoms with E-state index in [1.165, 1.54) is 6.33 Å². The van der Waals surface area contributed by atoms with Gasteiger partial charge in [0.05, 0.1) is 25.1 Å². The van der Waals surface area contributed by atoms with Crippen LogP contribution in [0.4, 0.5) is 11.5 Å². The van der Waals surface area contributed by atoms with Gasteiger partial charge in [0.25, 0.3) is 0 Å². The molecule has 0 spiro atoms. The Bertz CT molecular complexity index is 1190. The molecule has 1 fully saturated rings. The highest BCUT2D eigenvalue weighted by Crippen LogP contribution is 2.48. The molecule has 7 nitrogen and oxygen atoms in total. The van der Waals surface area contributed by atoms with Gasteiger partial charge >= 0.3 is 0 Å². The first-order valence-corrected chi connectivity index (χ1v) is 10.8. The number of hydrogen-bond acceptors (Lipinski definition) is 5. The van der Waals surface area contributed by atoms with Gasteiger partial charge in [-0.2, -0.15) is 0 Å². The third-order valence-electron chi connectivity index (χ3n) is 6.33. The highest BCUT2D eigenvalue weighted by Gasteiger charge is 2.36. The first-order chi connectivity index (χ1) is 14.8. The molecule has 0 amide bonds. The highest BCUT2D eigenvalue weighted by atomic mass is 35.5. The zero-order chi connectivity index (χ0) is 22.4. The predicted octanol–water partition coefficient (Wildman–Crippen LogP) is 4.95. The van der Waals surface area contributed by atoms with E-state index in [1.54, 1.807) is 7.11 Å². The first kappa shape index (κ1) is 21.4. The fourth-order valence-electron chi connectivity index (χ4n) is 4.55. The lowest BCUT2D eigenvalue weighted by Crippen LogP contribution is -2.48. The summed E-state index contributed by atoms with van der Waals surface area (Å²) in [5.41, 5.74) is 10.2. The second-order valence-electron chi connectivity index (χ2n) is 8.45. The Labute approximate surface area is 187 Å². The van der Waals surface area contributed by atoms with Gasteiger partial charge in [-0.05, 0) is 39.3 Å². The molecule has 8 heteroatoms. The number of ether oxygens (including phenoxy) is 1. The van der Waals surface area contributed by atoms with Crippen LogP contribution >= 0.6 is 11.6 Å². The number of anilines is 1. The van der Waals surface area contributed by atoms with Gasteiger partial charge in [0.15, 0.2) is 0 Å². The summed E-state index contributed by atoms with van der Waals surface area (Å²) in [6.45, 7) is 18.0. The number of rotatable bonds is 5. The van der Waals surface area contributed by atoms with Crippen LogP contribution < -0.4 is 10.5 Å². The number of likely N-dealkylation sites (tertiary alicyclic amines) is 1. The molecule has 1 unspecified atom stereocenters. The second-order valence-corrected chi connectivity index (χ2v) is 8.86. The number of fused-ring (bicyclic) bond motifs is 1. The zero-order valence-electron chi connectivity index (χ0n) is 18.5. The molecule has 2 aromatic heterocycles. The normalized spacial score (nSPS) is 15.8. The number of nitrogens with two attached hydrogens (primary N) is 1. The van der Waals surface area contributed by atoms with Crippen LogP contribution in [0.15, 0.2) is 18.6 Å². The number of methoxy groups -OCH3 is 1. The van der Waals surface area contributed by atoms with Crippen molar-refractivity contribution in [3.8, 4) is 5.75 Å². The van der Waals surface area contributed by atoms with Crippen LogP contribution in [-0.4, -0.2) is 45.7 Å². The van der Waals surface area contributed by atoms with Crippen molar-refractivity contribution in [2.75, 3.05) is 25.9 Å². The van der Waals surface area contributed by atoms with Crippen molar-refractivity contribution in [3.05, 3.63) is 51.7 Å². The Hall–Kier alpha value is -2.82. The van der Waals surface area contributed by atoms with E-state index in [1.807, 2.05) is 19.2 Å². The molecule has 1 atom stereocenters. The van der Waals surface area contributed by atoms with Gasteiger partial charge in [0.1, 0.15) is 23.5 Å². The van der Waals surface area contributed by atoms with Crippen molar-refractivity contribution < 1.29 is 4.74 Å². The van der Waals surface area contributed by atoms with Crippen LogP contribution in [0.5, 0.6) is 5.75 Å². The monoisotopic (exact) mass is 438 g/mol. The molecule has 1 saturated heterocycles. The Kier molecular flexibility index (Phi) is 5.54. The number of aryl methyl sites for hydroxylation is 1. The van der Waals surface area contributed by atoms with Gasteiger partial charge in [-0.3, -0.25) is 4.90 Å². The fourth-order valence-corrected chi connectivity index (χ4v) is 4.81. The Balaban J connectivity index is 1.86. The Morgan fingerprint density at radius 2 is 2.00 bits per heavy atom. The minimum atomic E-state index is -0.127. The van der Waals surface area contributed by atoms with Crippen molar-refractivity contribution in [1.29, 1.82) is 0 Å². The van der Waals surface area contributed by atoms with Gasteiger partial charge in [-0.1, -0.05) is 11.6 Å². The molecule has 3 heterocycles. The molecule has 0 saturated carbocycles. The second kappa shape index (κ2) is 8.03. The summed E-state index contributed by atoms with van der Waals surface area (Å²) in [4.78, 5) is 14.8. The molecule has 2 N–H and O–H groups in total. The van der Waals surface area contributed by atoms with Gasteiger partial charge in [0.2, 0.25) is 5.69 Å². The van der Waals surface area contributed by atoms with Crippen molar-refractivity contribution in [3.63, 3.8) is 0 Å². The number of halogens is 1. The maximum absolute atomic E-state index is 7.74. The zero-order valence-corrected chi connectivity index (χ0v) is 19.2. The van der Waals surface area contributed by atoms with Crippen molar-refractivity contribution >= 4 is 34.1 Å². The topological polar surface area (TPSA) is 73.6 Å². The minimum absolute atomic E-state index is 0.127. The van der Waals surface area contributed by atoms with Crippen molar-refractivity contribution in [2.24, 2.45) is 0 Å². The van der Waals surface area contributed by atoms with E-state index in [2.05, 4.69) is 45.1 Å². The summed E-state index contributed by atoms with van der Waals surface area (Å²) < 4.78 is 7.99. The standard InChI is InChI=1S/C23H27ClN6O/c1-12(2)29-9-15(10-29)19-20(26-5)17(24)7-16(21(19)31-6)14(4)30-8-13(3)18-22(25)27-11-28-23(18)30/h7-8,11-12,14-15H,9-10H2,1-4,6H3,(H2,25,27,28). The van der Waals surface area contributed by atoms with Crippen LogP contribution in [0.3, 0.4) is 0 Å². The fraction of sp³-hybridized carbons (Fsp3) is 0.435. The van der Waals surface area contributed by atoms with E-state index in [0.717, 1.165) is 46.6 Å². The molecule has 1 aromatic carbocycles. The number of aromatic nitrogens is 3. The number of nitrogens with zero attached hydrogens (tertiary/aromatic N) is 5. The van der Waals surface area contributed by atoms with Crippen LogP contribution in [0, 0.1) is 13.5 Å². The van der Waals surface area contributed by atoms with E-state index in [-0.39, 0.29) is 12.0 Å². The third-order valence-corrected chi connectivity index (χ3v) is 6.62. The summed E-state index contributed by atoms with van der Waals surface area (Å²) in [6, 6.07) is 2.19. The number of hydrogen-bond donors (Lipinski definition) is 1. The van der Waals surface area contributed by atoms with Gasteiger partial charge in [0, 0.05) is 47.4 Å². The quantitative estimate of drug-likeness (QED) is 0.570. The number of benzene rings is 1. The molecule has 1 aliphatic heterocycles. The molecule has 0 bridgehead atoms. The predicted molar refractivity (Wildman–Crippen MR) is 124 cm³/mol. The van der Waals surface area contributed by atoms with Gasteiger partial charge in [-0.15, -0.1) is 0 Å². The van der Waals surface area contributed by atoms with Crippen LogP contribution in [-0.2, 0) is 0 Å². The summed E-state index contributed by atoms with van der Waals surface area (Å²) >= 11 is 6.63. The lowest BCUT2D eigenvalue weighted by Gasteiger charge is -2.43. The smallest absolute Gasteiger partial charge is 0.212 e. The average Bonchev–Trinajstić information content (AvgIpc) is 3.03. The van der Waals surface area contributed by atoms with Crippen LogP contribution in [0.1, 0.15) is 49.4 Å². The maximum Gasteiger partial charge on any atom is 0.212 e. The summed E-state index contributed by atoms with van der Waals surface area (Å²) in [5.74, 6) is 1.41. The maximum atomic E-state index is 7.74. The highest BCUT2D eigenvalue weighted by molar-refractivity contribution is 6.33. The first-order valence-electron chi connectivity index (χ1n) is 10.4. The third kappa shape index (κ3) is 3.40. The molecule has 0 radical (unpaired) electrons. The largest absolute Gasteiger partial charge is 0.497 e. The Morgan fingerprint density at radius 3 is 2.61 bits per heavy atom.